The molecule has 1 atom stereocenters. The molecule has 0 amide bonds. The lowest BCUT2D eigenvalue weighted by molar-refractivity contribution is 0.207. The van der Waals surface area contributed by atoms with Gasteiger partial charge in [0.25, 0.3) is 0 Å². The monoisotopic (exact) mass is 263 g/mol. The topological polar surface area (TPSA) is 12.0 Å². The summed E-state index contributed by atoms with van der Waals surface area (Å²) in [4.78, 5) is 0. The normalized spacial score (nSPS) is 24.9. The lowest BCUT2D eigenvalue weighted by Crippen LogP contribution is -2.38. The molecule has 1 aliphatic rings. The second-order valence-corrected chi connectivity index (χ2v) is 6.23. The van der Waals surface area contributed by atoms with E-state index in [1.807, 2.05) is 0 Å². The van der Waals surface area contributed by atoms with Gasteiger partial charge >= 0.3 is 0 Å². The molecule has 0 spiro atoms. The van der Waals surface area contributed by atoms with Crippen molar-refractivity contribution < 1.29 is 0 Å². The number of terminal acetylenes is 1. The molecule has 0 aromatic carbocycles. The molecular weight excluding hydrogens is 230 g/mol. The molecule has 0 aliphatic heterocycles. The fraction of sp³-hybridized carbons (Fsp3) is 0.889. The van der Waals surface area contributed by atoms with E-state index in [2.05, 4.69) is 25.1 Å². The summed E-state index contributed by atoms with van der Waals surface area (Å²) in [7, 11) is 0. The molecule has 1 aliphatic carbocycles. The lowest BCUT2D eigenvalue weighted by Gasteiger charge is -2.34. The summed E-state index contributed by atoms with van der Waals surface area (Å²) in [6, 6.07) is 0.670. The third-order valence-electron chi connectivity index (χ3n) is 4.68. The van der Waals surface area contributed by atoms with Gasteiger partial charge in [-0.3, -0.25) is 0 Å². The van der Waals surface area contributed by atoms with Crippen LogP contribution in [-0.2, 0) is 0 Å². The van der Waals surface area contributed by atoms with Crippen LogP contribution in [0.2, 0.25) is 0 Å². The van der Waals surface area contributed by atoms with Crippen LogP contribution >= 0.6 is 0 Å². The second kappa shape index (κ2) is 10.3. The average Bonchev–Trinajstić information content (AvgIpc) is 2.46. The molecule has 1 rings (SSSR count). The highest BCUT2D eigenvalue weighted by Gasteiger charge is 2.26. The summed E-state index contributed by atoms with van der Waals surface area (Å²) in [5.74, 6) is 4.69. The van der Waals surface area contributed by atoms with Crippen molar-refractivity contribution in [3.63, 3.8) is 0 Å². The van der Waals surface area contributed by atoms with E-state index in [0.717, 1.165) is 24.8 Å². The van der Waals surface area contributed by atoms with E-state index in [9.17, 15) is 0 Å². The molecule has 0 aromatic heterocycles. The third-order valence-corrected chi connectivity index (χ3v) is 4.68. The molecule has 0 aromatic rings. The van der Waals surface area contributed by atoms with Gasteiger partial charge in [-0.25, -0.2) is 0 Å². The van der Waals surface area contributed by atoms with Crippen LogP contribution in [0, 0.1) is 24.2 Å². The molecule has 0 heterocycles. The predicted molar refractivity (Wildman–Crippen MR) is 85.1 cm³/mol. The van der Waals surface area contributed by atoms with Crippen LogP contribution in [0.4, 0.5) is 0 Å². The first kappa shape index (κ1) is 16.6. The van der Waals surface area contributed by atoms with E-state index in [-0.39, 0.29) is 0 Å². The van der Waals surface area contributed by atoms with Gasteiger partial charge in [-0.05, 0) is 44.1 Å². The van der Waals surface area contributed by atoms with Crippen LogP contribution in [0.25, 0.3) is 0 Å². The summed E-state index contributed by atoms with van der Waals surface area (Å²) in [6.07, 6.45) is 18.7. The van der Waals surface area contributed by atoms with E-state index in [1.54, 1.807) is 0 Å². The zero-order valence-corrected chi connectivity index (χ0v) is 13.1. The van der Waals surface area contributed by atoms with E-state index >= 15 is 0 Å². The van der Waals surface area contributed by atoms with Crippen molar-refractivity contribution in [3.05, 3.63) is 0 Å². The number of hydrogen-bond donors (Lipinski definition) is 1. The molecule has 1 fully saturated rings. The second-order valence-electron chi connectivity index (χ2n) is 6.23. The molecule has 1 unspecified atom stereocenters. The van der Waals surface area contributed by atoms with Gasteiger partial charge in [-0.2, -0.15) is 0 Å². The fourth-order valence-corrected chi connectivity index (χ4v) is 3.45. The molecule has 1 saturated carbocycles. The summed E-state index contributed by atoms with van der Waals surface area (Å²) in [6.45, 7) is 5.69. The van der Waals surface area contributed by atoms with Crippen molar-refractivity contribution >= 4 is 0 Å². The molecule has 1 N–H and O–H groups in total. The first-order valence-electron chi connectivity index (χ1n) is 8.48. The van der Waals surface area contributed by atoms with E-state index in [0.29, 0.717) is 6.04 Å². The number of rotatable bonds is 9. The Hall–Kier alpha value is -0.480. The van der Waals surface area contributed by atoms with Crippen molar-refractivity contribution in [3.8, 4) is 12.3 Å². The maximum atomic E-state index is 5.43. The Morgan fingerprint density at radius 3 is 2.47 bits per heavy atom. The van der Waals surface area contributed by atoms with E-state index in [4.69, 9.17) is 6.42 Å². The number of hydrogen-bond acceptors (Lipinski definition) is 1. The minimum atomic E-state index is 0.670. The Morgan fingerprint density at radius 2 is 1.89 bits per heavy atom. The largest absolute Gasteiger partial charge is 0.314 e. The molecule has 1 nitrogen and oxygen atoms in total. The van der Waals surface area contributed by atoms with Crippen LogP contribution in [-0.4, -0.2) is 12.6 Å². The van der Waals surface area contributed by atoms with Crippen molar-refractivity contribution in [2.75, 3.05) is 6.54 Å². The molecular formula is C18H33N. The van der Waals surface area contributed by atoms with Crippen molar-refractivity contribution in [2.24, 2.45) is 11.8 Å². The number of nitrogens with one attached hydrogen (secondary N) is 1. The third kappa shape index (κ3) is 6.48. The summed E-state index contributed by atoms with van der Waals surface area (Å²) in [5.41, 5.74) is 0. The molecule has 1 heteroatoms. The van der Waals surface area contributed by atoms with Crippen LogP contribution in [0.1, 0.15) is 78.1 Å². The lowest BCUT2D eigenvalue weighted by atomic mass is 9.76. The molecule has 19 heavy (non-hydrogen) atoms. The molecule has 0 radical (unpaired) electrons. The van der Waals surface area contributed by atoms with Gasteiger partial charge in [0, 0.05) is 12.5 Å². The standard InChI is InChI=1S/C18H33N/c1-4-7-9-16-11-13-17(14-12-16)18(10-8-5-2)19-15-6-3/h2,16-19H,4,6-15H2,1,3H3. The minimum absolute atomic E-state index is 0.670. The Morgan fingerprint density at radius 1 is 1.16 bits per heavy atom. The molecule has 0 bridgehead atoms. The van der Waals surface area contributed by atoms with Gasteiger partial charge in [-0.1, -0.05) is 46.0 Å². The van der Waals surface area contributed by atoms with Gasteiger partial charge in [0.1, 0.15) is 0 Å². The predicted octanol–water partition coefficient (Wildman–Crippen LogP) is 4.76. The highest BCUT2D eigenvalue weighted by molar-refractivity contribution is 4.89. The van der Waals surface area contributed by atoms with Gasteiger partial charge in [0.15, 0.2) is 0 Å². The van der Waals surface area contributed by atoms with Crippen molar-refractivity contribution in [1.82, 2.24) is 5.32 Å². The van der Waals surface area contributed by atoms with E-state index < -0.39 is 0 Å². The van der Waals surface area contributed by atoms with Gasteiger partial charge < -0.3 is 5.32 Å². The van der Waals surface area contributed by atoms with E-state index in [1.165, 1.54) is 57.8 Å². The zero-order valence-electron chi connectivity index (χ0n) is 13.1. The van der Waals surface area contributed by atoms with Gasteiger partial charge in [-0.15, -0.1) is 12.3 Å². The smallest absolute Gasteiger partial charge is 0.0104 e. The molecule has 110 valence electrons. The van der Waals surface area contributed by atoms with Crippen molar-refractivity contribution in [1.29, 1.82) is 0 Å². The highest BCUT2D eigenvalue weighted by Crippen LogP contribution is 2.34. The van der Waals surface area contributed by atoms with Crippen LogP contribution in [0.3, 0.4) is 0 Å². The Labute approximate surface area is 120 Å². The first-order valence-corrected chi connectivity index (χ1v) is 8.48. The summed E-state index contributed by atoms with van der Waals surface area (Å²) in [5, 5.41) is 3.74. The Balaban J connectivity index is 2.33. The summed E-state index contributed by atoms with van der Waals surface area (Å²) >= 11 is 0. The van der Waals surface area contributed by atoms with Crippen LogP contribution in [0.15, 0.2) is 0 Å². The Bertz CT molecular complexity index is 245. The minimum Gasteiger partial charge on any atom is -0.314 e. The first-order chi connectivity index (χ1) is 9.31. The maximum Gasteiger partial charge on any atom is 0.0104 e. The number of unbranched alkanes of at least 4 members (excludes halogenated alkanes) is 1. The zero-order chi connectivity index (χ0) is 13.9. The SMILES string of the molecule is C#CCCC(NCCC)C1CCC(CCCC)CC1. The Kier molecular flexibility index (Phi) is 9.01. The molecule has 0 saturated heterocycles. The maximum absolute atomic E-state index is 5.43. The summed E-state index contributed by atoms with van der Waals surface area (Å²) < 4.78 is 0. The quantitative estimate of drug-likeness (QED) is 0.591. The van der Waals surface area contributed by atoms with Crippen molar-refractivity contribution in [2.45, 2.75) is 84.1 Å². The van der Waals surface area contributed by atoms with Crippen LogP contribution < -0.4 is 5.32 Å². The average molecular weight is 263 g/mol. The van der Waals surface area contributed by atoms with Gasteiger partial charge in [0.2, 0.25) is 0 Å². The highest BCUT2D eigenvalue weighted by atomic mass is 14.9. The van der Waals surface area contributed by atoms with Gasteiger partial charge in [0.05, 0.1) is 0 Å². The van der Waals surface area contributed by atoms with Crippen LogP contribution in [0.5, 0.6) is 0 Å². The fourth-order valence-electron chi connectivity index (χ4n) is 3.45.